The van der Waals surface area contributed by atoms with Crippen molar-refractivity contribution >= 4 is 40.4 Å². The van der Waals surface area contributed by atoms with Gasteiger partial charge in [0.1, 0.15) is 10.2 Å². The summed E-state index contributed by atoms with van der Waals surface area (Å²) in [6.07, 6.45) is 0. The quantitative estimate of drug-likeness (QED) is 0.758. The van der Waals surface area contributed by atoms with Crippen LogP contribution in [0.15, 0.2) is 42.5 Å². The van der Waals surface area contributed by atoms with Crippen LogP contribution in [0.4, 0.5) is 5.82 Å². The second-order valence-corrected chi connectivity index (χ2v) is 6.23. The lowest BCUT2D eigenvalue weighted by Gasteiger charge is -2.02. The SMILES string of the molecule is Nc1cc(-c2cc(Cl)sc2Cl)nn1-c1ccccc1. The van der Waals surface area contributed by atoms with E-state index in [0.29, 0.717) is 14.5 Å². The molecule has 0 amide bonds. The Kier molecular flexibility index (Phi) is 3.22. The number of nitrogens with zero attached hydrogens (tertiary/aromatic N) is 2. The van der Waals surface area contributed by atoms with Gasteiger partial charge >= 0.3 is 0 Å². The molecule has 3 rings (SSSR count). The van der Waals surface area contributed by atoms with Crippen LogP contribution in [0.2, 0.25) is 8.67 Å². The van der Waals surface area contributed by atoms with Crippen LogP contribution in [0.1, 0.15) is 0 Å². The van der Waals surface area contributed by atoms with Gasteiger partial charge < -0.3 is 5.73 Å². The van der Waals surface area contributed by atoms with Crippen molar-refractivity contribution in [3.63, 3.8) is 0 Å². The lowest BCUT2D eigenvalue weighted by atomic mass is 10.2. The van der Waals surface area contributed by atoms with Crippen LogP contribution in [0.5, 0.6) is 0 Å². The second kappa shape index (κ2) is 4.89. The molecule has 6 heteroatoms. The van der Waals surface area contributed by atoms with E-state index in [1.807, 2.05) is 30.3 Å². The predicted molar refractivity (Wildman–Crippen MR) is 81.3 cm³/mol. The third-order valence-electron chi connectivity index (χ3n) is 2.67. The lowest BCUT2D eigenvalue weighted by molar-refractivity contribution is 0.895. The summed E-state index contributed by atoms with van der Waals surface area (Å²) < 4.78 is 2.92. The van der Waals surface area contributed by atoms with Crippen molar-refractivity contribution in [2.45, 2.75) is 0 Å². The summed E-state index contributed by atoms with van der Waals surface area (Å²) in [5, 5.41) is 4.48. The Morgan fingerprint density at radius 1 is 1.11 bits per heavy atom. The summed E-state index contributed by atoms with van der Waals surface area (Å²) in [4.78, 5) is 0. The molecule has 0 spiro atoms. The van der Waals surface area contributed by atoms with E-state index in [1.165, 1.54) is 11.3 Å². The summed E-state index contributed by atoms with van der Waals surface area (Å²) in [5.74, 6) is 0.555. The molecule has 0 saturated heterocycles. The van der Waals surface area contributed by atoms with E-state index in [9.17, 15) is 0 Å². The summed E-state index contributed by atoms with van der Waals surface area (Å²) in [7, 11) is 0. The third kappa shape index (κ3) is 2.34. The van der Waals surface area contributed by atoms with E-state index >= 15 is 0 Å². The number of nitrogens with two attached hydrogens (primary N) is 1. The van der Waals surface area contributed by atoms with Crippen molar-refractivity contribution in [2.75, 3.05) is 5.73 Å². The van der Waals surface area contributed by atoms with Crippen LogP contribution in [0, 0.1) is 0 Å². The van der Waals surface area contributed by atoms with Gasteiger partial charge in [0.05, 0.1) is 15.7 Å². The van der Waals surface area contributed by atoms with Crippen molar-refractivity contribution in [2.24, 2.45) is 0 Å². The molecule has 3 aromatic rings. The number of hydrogen-bond acceptors (Lipinski definition) is 3. The average molecular weight is 310 g/mol. The summed E-state index contributed by atoms with van der Waals surface area (Å²) in [6.45, 7) is 0. The topological polar surface area (TPSA) is 43.8 Å². The van der Waals surface area contributed by atoms with Gasteiger partial charge in [-0.05, 0) is 18.2 Å². The Morgan fingerprint density at radius 3 is 2.47 bits per heavy atom. The number of thiophene rings is 1. The Labute approximate surface area is 124 Å². The van der Waals surface area contributed by atoms with Gasteiger partial charge in [-0.25, -0.2) is 4.68 Å². The molecule has 3 nitrogen and oxygen atoms in total. The van der Waals surface area contributed by atoms with E-state index in [0.717, 1.165) is 16.9 Å². The predicted octanol–water partition coefficient (Wildman–Crippen LogP) is 4.49. The van der Waals surface area contributed by atoms with Gasteiger partial charge in [-0.2, -0.15) is 5.10 Å². The molecule has 2 heterocycles. The van der Waals surface area contributed by atoms with Crippen molar-refractivity contribution in [1.29, 1.82) is 0 Å². The minimum Gasteiger partial charge on any atom is -0.384 e. The summed E-state index contributed by atoms with van der Waals surface area (Å²) in [5.41, 5.74) is 8.42. The van der Waals surface area contributed by atoms with Crippen LogP contribution in [-0.2, 0) is 0 Å². The zero-order valence-electron chi connectivity index (χ0n) is 9.68. The Morgan fingerprint density at radius 2 is 1.84 bits per heavy atom. The van der Waals surface area contributed by atoms with Crippen LogP contribution >= 0.6 is 34.5 Å². The monoisotopic (exact) mass is 309 g/mol. The fourth-order valence-corrected chi connectivity index (χ4v) is 3.30. The number of rotatable bonds is 2. The number of benzene rings is 1. The van der Waals surface area contributed by atoms with Crippen molar-refractivity contribution in [3.05, 3.63) is 51.1 Å². The Balaban J connectivity index is 2.10. The smallest absolute Gasteiger partial charge is 0.127 e. The van der Waals surface area contributed by atoms with Gasteiger partial charge in [-0.3, -0.25) is 0 Å². The van der Waals surface area contributed by atoms with Gasteiger partial charge in [-0.1, -0.05) is 41.4 Å². The highest BCUT2D eigenvalue weighted by Gasteiger charge is 2.14. The van der Waals surface area contributed by atoms with Crippen LogP contribution < -0.4 is 5.73 Å². The highest BCUT2D eigenvalue weighted by molar-refractivity contribution is 7.20. The van der Waals surface area contributed by atoms with E-state index in [4.69, 9.17) is 28.9 Å². The summed E-state index contributed by atoms with van der Waals surface area (Å²) >= 11 is 13.4. The summed E-state index contributed by atoms with van der Waals surface area (Å²) in [6, 6.07) is 13.3. The number of para-hydroxylation sites is 1. The van der Waals surface area contributed by atoms with Gasteiger partial charge in [0.15, 0.2) is 0 Å². The van der Waals surface area contributed by atoms with E-state index in [2.05, 4.69) is 5.10 Å². The Hall–Kier alpha value is -1.49. The second-order valence-electron chi connectivity index (χ2n) is 3.94. The fraction of sp³-hybridized carbons (Fsp3) is 0. The van der Waals surface area contributed by atoms with Crippen LogP contribution in [-0.4, -0.2) is 9.78 Å². The van der Waals surface area contributed by atoms with Crippen molar-refractivity contribution < 1.29 is 0 Å². The zero-order valence-corrected chi connectivity index (χ0v) is 12.0. The van der Waals surface area contributed by atoms with E-state index in [1.54, 1.807) is 16.8 Å². The minimum atomic E-state index is 0.555. The molecule has 0 radical (unpaired) electrons. The maximum atomic E-state index is 6.13. The van der Waals surface area contributed by atoms with Crippen LogP contribution in [0.3, 0.4) is 0 Å². The first-order chi connectivity index (χ1) is 9.15. The third-order valence-corrected chi connectivity index (χ3v) is 4.16. The highest BCUT2D eigenvalue weighted by Crippen LogP contribution is 2.38. The molecule has 0 aliphatic carbocycles. The maximum absolute atomic E-state index is 6.13. The van der Waals surface area contributed by atoms with Gasteiger partial charge in [0.25, 0.3) is 0 Å². The van der Waals surface area contributed by atoms with Gasteiger partial charge in [0, 0.05) is 11.6 Å². The van der Waals surface area contributed by atoms with E-state index in [-0.39, 0.29) is 0 Å². The van der Waals surface area contributed by atoms with Crippen molar-refractivity contribution in [1.82, 2.24) is 9.78 Å². The molecule has 2 aromatic heterocycles. The number of halogens is 2. The molecule has 2 N–H and O–H groups in total. The number of nitrogen functional groups attached to an aromatic ring is 1. The minimum absolute atomic E-state index is 0.555. The molecule has 0 saturated carbocycles. The number of hydrogen-bond donors (Lipinski definition) is 1. The standard InChI is InChI=1S/C13H9Cl2N3S/c14-11-6-9(13(15)19-11)10-7-12(16)18(17-10)8-4-2-1-3-5-8/h1-7H,16H2. The maximum Gasteiger partial charge on any atom is 0.127 e. The first-order valence-electron chi connectivity index (χ1n) is 5.51. The zero-order chi connectivity index (χ0) is 13.4. The lowest BCUT2D eigenvalue weighted by Crippen LogP contribution is -2.00. The van der Waals surface area contributed by atoms with Crippen molar-refractivity contribution in [3.8, 4) is 16.9 Å². The highest BCUT2D eigenvalue weighted by atomic mass is 35.5. The molecular formula is C13H9Cl2N3S. The first kappa shape index (κ1) is 12.5. The normalized spacial score (nSPS) is 10.8. The molecule has 0 aliphatic rings. The van der Waals surface area contributed by atoms with Gasteiger partial charge in [0.2, 0.25) is 0 Å². The molecule has 96 valence electrons. The molecule has 0 bridgehead atoms. The fourth-order valence-electron chi connectivity index (χ4n) is 1.82. The average Bonchev–Trinajstić information content (AvgIpc) is 2.93. The molecule has 19 heavy (non-hydrogen) atoms. The molecule has 0 unspecified atom stereocenters. The van der Waals surface area contributed by atoms with E-state index < -0.39 is 0 Å². The molecule has 0 aliphatic heterocycles. The number of anilines is 1. The van der Waals surface area contributed by atoms with Crippen LogP contribution in [0.25, 0.3) is 16.9 Å². The number of aromatic nitrogens is 2. The first-order valence-corrected chi connectivity index (χ1v) is 7.08. The molecule has 0 atom stereocenters. The molecule has 1 aromatic carbocycles. The largest absolute Gasteiger partial charge is 0.384 e. The Bertz CT molecular complexity index is 719. The van der Waals surface area contributed by atoms with Gasteiger partial charge in [-0.15, -0.1) is 11.3 Å². The molecular weight excluding hydrogens is 301 g/mol. The molecule has 0 fully saturated rings.